The van der Waals surface area contributed by atoms with Crippen LogP contribution in [-0.2, 0) is 15.5 Å². The van der Waals surface area contributed by atoms with Crippen molar-refractivity contribution in [2.24, 2.45) is 0 Å². The zero-order valence-electron chi connectivity index (χ0n) is 12.2. The van der Waals surface area contributed by atoms with Gasteiger partial charge in [-0.05, 0) is 42.7 Å². The average Bonchev–Trinajstić information content (AvgIpc) is 2.55. The van der Waals surface area contributed by atoms with Gasteiger partial charge in [-0.2, -0.15) is 0 Å². The standard InChI is InChI=1S/C18H21O2P/c19-21-20-15-14-18(17-11-5-2-6-12-17)13-7-10-16-8-3-1-4-9-16/h1-6,8-9,11-12,18H,7,10,13-15H2. The zero-order valence-corrected chi connectivity index (χ0v) is 13.0. The number of aryl methyl sites for hydroxylation is 1. The van der Waals surface area contributed by atoms with Gasteiger partial charge in [0.05, 0.1) is 6.61 Å². The van der Waals surface area contributed by atoms with Crippen LogP contribution >= 0.6 is 8.69 Å². The van der Waals surface area contributed by atoms with Crippen LogP contribution in [0.5, 0.6) is 0 Å². The summed E-state index contributed by atoms with van der Waals surface area (Å²) in [5, 5.41) is 0. The molecule has 2 rings (SSSR count). The molecule has 0 saturated carbocycles. The molecule has 0 spiro atoms. The van der Waals surface area contributed by atoms with Crippen LogP contribution in [0.2, 0.25) is 0 Å². The Hall–Kier alpha value is -1.50. The summed E-state index contributed by atoms with van der Waals surface area (Å²) in [6, 6.07) is 21.1. The highest BCUT2D eigenvalue weighted by Crippen LogP contribution is 2.26. The van der Waals surface area contributed by atoms with Gasteiger partial charge in [-0.15, -0.1) is 0 Å². The molecule has 1 atom stereocenters. The van der Waals surface area contributed by atoms with Gasteiger partial charge >= 0.3 is 8.69 Å². The van der Waals surface area contributed by atoms with Crippen LogP contribution in [0.1, 0.15) is 36.3 Å². The van der Waals surface area contributed by atoms with E-state index in [9.17, 15) is 4.57 Å². The minimum Gasteiger partial charge on any atom is -0.294 e. The molecular formula is C18H21O2P. The molecule has 2 aromatic rings. The Kier molecular flexibility index (Phi) is 7.14. The number of benzene rings is 2. The van der Waals surface area contributed by atoms with Crippen molar-refractivity contribution in [3.05, 3.63) is 71.8 Å². The van der Waals surface area contributed by atoms with Crippen LogP contribution in [0, 0.1) is 0 Å². The molecule has 1 unspecified atom stereocenters. The summed E-state index contributed by atoms with van der Waals surface area (Å²) in [5.41, 5.74) is 2.73. The van der Waals surface area contributed by atoms with E-state index in [2.05, 4.69) is 54.6 Å². The molecule has 0 saturated heterocycles. The van der Waals surface area contributed by atoms with E-state index in [1.54, 1.807) is 0 Å². The van der Waals surface area contributed by atoms with E-state index in [0.29, 0.717) is 12.5 Å². The fraction of sp³-hybridized carbons (Fsp3) is 0.333. The Morgan fingerprint density at radius 1 is 0.905 bits per heavy atom. The van der Waals surface area contributed by atoms with Gasteiger partial charge in [0.1, 0.15) is 0 Å². The topological polar surface area (TPSA) is 26.3 Å². The molecule has 110 valence electrons. The summed E-state index contributed by atoms with van der Waals surface area (Å²) in [6.07, 6.45) is 4.29. The van der Waals surface area contributed by atoms with E-state index >= 15 is 0 Å². The quantitative estimate of drug-likeness (QED) is 0.457. The third kappa shape index (κ3) is 5.79. The second-order valence-corrected chi connectivity index (χ2v) is 5.59. The van der Waals surface area contributed by atoms with E-state index < -0.39 is 0 Å². The lowest BCUT2D eigenvalue weighted by atomic mass is 9.90. The Morgan fingerprint density at radius 3 is 2.24 bits per heavy atom. The molecule has 0 N–H and O–H groups in total. The Labute approximate surface area is 128 Å². The molecule has 2 nitrogen and oxygen atoms in total. The van der Waals surface area contributed by atoms with E-state index in [4.69, 9.17) is 4.52 Å². The Balaban J connectivity index is 1.88. The van der Waals surface area contributed by atoms with Crippen molar-refractivity contribution in [3.63, 3.8) is 0 Å². The first-order chi connectivity index (χ1) is 10.4. The SMILES string of the molecule is O=POCCC(CCCc1ccccc1)c1ccccc1. The highest BCUT2D eigenvalue weighted by molar-refractivity contribution is 7.17. The first-order valence-corrected chi connectivity index (χ1v) is 8.16. The van der Waals surface area contributed by atoms with Gasteiger partial charge in [0, 0.05) is 0 Å². The van der Waals surface area contributed by atoms with E-state index in [1.807, 2.05) is 6.07 Å². The lowest BCUT2D eigenvalue weighted by Crippen LogP contribution is -2.03. The van der Waals surface area contributed by atoms with Gasteiger partial charge in [-0.25, -0.2) is 4.57 Å². The third-order valence-electron chi connectivity index (χ3n) is 3.74. The number of hydrogen-bond acceptors (Lipinski definition) is 2. The fourth-order valence-electron chi connectivity index (χ4n) is 2.63. The molecule has 0 fully saturated rings. The summed E-state index contributed by atoms with van der Waals surface area (Å²) in [4.78, 5) is 0. The average molecular weight is 300 g/mol. The molecule has 0 amide bonds. The predicted octanol–water partition coefficient (Wildman–Crippen LogP) is 5.41. The Bertz CT molecular complexity index is 513. The van der Waals surface area contributed by atoms with Gasteiger partial charge in [-0.3, -0.25) is 4.52 Å². The maximum Gasteiger partial charge on any atom is 0.327 e. The van der Waals surface area contributed by atoms with Gasteiger partial charge in [0.25, 0.3) is 0 Å². The first-order valence-electron chi connectivity index (χ1n) is 7.43. The third-order valence-corrected chi connectivity index (χ3v) is 4.03. The van der Waals surface area contributed by atoms with Crippen LogP contribution in [0.15, 0.2) is 60.7 Å². The van der Waals surface area contributed by atoms with Crippen molar-refractivity contribution in [2.75, 3.05) is 6.61 Å². The molecule has 2 aromatic carbocycles. The van der Waals surface area contributed by atoms with Crippen LogP contribution in [0.25, 0.3) is 0 Å². The van der Waals surface area contributed by atoms with Crippen molar-refractivity contribution in [2.45, 2.75) is 31.6 Å². The largest absolute Gasteiger partial charge is 0.327 e. The minimum absolute atomic E-state index is 0.223. The molecule has 0 aliphatic rings. The molecular weight excluding hydrogens is 279 g/mol. The summed E-state index contributed by atoms with van der Waals surface area (Å²) in [6.45, 7) is 0.538. The predicted molar refractivity (Wildman–Crippen MR) is 86.7 cm³/mol. The molecule has 0 aliphatic heterocycles. The Morgan fingerprint density at radius 2 is 1.57 bits per heavy atom. The minimum atomic E-state index is -0.223. The lowest BCUT2D eigenvalue weighted by molar-refractivity contribution is 0.315. The van der Waals surface area contributed by atoms with Crippen molar-refractivity contribution in [1.29, 1.82) is 0 Å². The molecule has 0 aromatic heterocycles. The van der Waals surface area contributed by atoms with Crippen LogP contribution in [0.3, 0.4) is 0 Å². The molecule has 0 radical (unpaired) electrons. The van der Waals surface area contributed by atoms with Gasteiger partial charge in [0.15, 0.2) is 0 Å². The van der Waals surface area contributed by atoms with Crippen LogP contribution < -0.4 is 0 Å². The summed E-state index contributed by atoms with van der Waals surface area (Å²) < 4.78 is 15.4. The normalized spacial score (nSPS) is 12.4. The number of rotatable bonds is 9. The monoisotopic (exact) mass is 300 g/mol. The molecule has 0 aliphatic carbocycles. The maximum atomic E-state index is 10.4. The second-order valence-electron chi connectivity index (χ2n) is 5.18. The van der Waals surface area contributed by atoms with Gasteiger partial charge in [0.2, 0.25) is 0 Å². The maximum absolute atomic E-state index is 10.4. The summed E-state index contributed by atoms with van der Waals surface area (Å²) in [7, 11) is -0.223. The van der Waals surface area contributed by atoms with E-state index in [0.717, 1.165) is 25.7 Å². The second kappa shape index (κ2) is 9.44. The van der Waals surface area contributed by atoms with E-state index in [-0.39, 0.29) is 8.69 Å². The highest BCUT2D eigenvalue weighted by atomic mass is 31.1. The lowest BCUT2D eigenvalue weighted by Gasteiger charge is -2.16. The molecule has 3 heteroatoms. The van der Waals surface area contributed by atoms with Crippen molar-refractivity contribution >= 4 is 8.69 Å². The smallest absolute Gasteiger partial charge is 0.294 e. The molecule has 21 heavy (non-hydrogen) atoms. The molecule has 0 heterocycles. The summed E-state index contributed by atoms with van der Waals surface area (Å²) in [5.74, 6) is 0.469. The molecule has 0 bridgehead atoms. The van der Waals surface area contributed by atoms with Crippen LogP contribution in [0.4, 0.5) is 0 Å². The van der Waals surface area contributed by atoms with E-state index in [1.165, 1.54) is 11.1 Å². The first kappa shape index (κ1) is 15.9. The van der Waals surface area contributed by atoms with Crippen molar-refractivity contribution in [1.82, 2.24) is 0 Å². The van der Waals surface area contributed by atoms with Crippen LogP contribution in [-0.4, -0.2) is 6.61 Å². The van der Waals surface area contributed by atoms with Crippen molar-refractivity contribution < 1.29 is 9.09 Å². The fourth-order valence-corrected chi connectivity index (χ4v) is 2.81. The summed E-state index contributed by atoms with van der Waals surface area (Å²) >= 11 is 0. The van der Waals surface area contributed by atoms with Crippen molar-refractivity contribution in [3.8, 4) is 0 Å². The number of hydrogen-bond donors (Lipinski definition) is 0. The van der Waals surface area contributed by atoms with Gasteiger partial charge in [-0.1, -0.05) is 60.7 Å². The van der Waals surface area contributed by atoms with Gasteiger partial charge < -0.3 is 0 Å². The highest BCUT2D eigenvalue weighted by Gasteiger charge is 2.11. The zero-order chi connectivity index (χ0) is 14.8.